The van der Waals surface area contributed by atoms with Crippen LogP contribution in [0.2, 0.25) is 5.02 Å². The highest BCUT2D eigenvalue weighted by atomic mass is 35.5. The Bertz CT molecular complexity index is 993. The Morgan fingerprint density at radius 3 is 2.10 bits per heavy atom. The monoisotopic (exact) mass is 434 g/mol. The number of likely N-dealkylation sites (N-methyl/N-ethyl adjacent to an activating group) is 1. The van der Waals surface area contributed by atoms with Gasteiger partial charge in [-0.15, -0.1) is 0 Å². The van der Waals surface area contributed by atoms with Crippen molar-refractivity contribution in [1.29, 1.82) is 0 Å². The Kier molecular flexibility index (Phi) is 8.25. The molecule has 0 saturated heterocycles. The molecule has 160 valence electrons. The second-order valence-corrected chi connectivity index (χ2v) is 7.89. The summed E-state index contributed by atoms with van der Waals surface area (Å²) in [4.78, 5) is 27.9. The number of rotatable bonds is 9. The maximum Gasteiger partial charge on any atom is 0.242 e. The van der Waals surface area contributed by atoms with Gasteiger partial charge in [0.05, 0.1) is 0 Å². The third-order valence-electron chi connectivity index (χ3n) is 5.23. The number of carbonyl (C=O) groups is 2. The summed E-state index contributed by atoms with van der Waals surface area (Å²) in [7, 11) is 1.60. The largest absolute Gasteiger partial charge is 0.357 e. The van der Waals surface area contributed by atoms with Crippen LogP contribution < -0.4 is 5.32 Å². The van der Waals surface area contributed by atoms with Crippen molar-refractivity contribution >= 4 is 23.4 Å². The minimum atomic E-state index is -0.616. The first kappa shape index (κ1) is 22.6. The van der Waals surface area contributed by atoms with Crippen molar-refractivity contribution in [2.24, 2.45) is 0 Å². The summed E-state index contributed by atoms with van der Waals surface area (Å²) in [6.07, 6.45) is 1.39. The first-order valence-electron chi connectivity index (χ1n) is 10.4. The van der Waals surface area contributed by atoms with Gasteiger partial charge in [-0.1, -0.05) is 84.4 Å². The van der Waals surface area contributed by atoms with E-state index >= 15 is 0 Å². The molecule has 0 bridgehead atoms. The number of hydrogen-bond acceptors (Lipinski definition) is 2. The van der Waals surface area contributed by atoms with E-state index in [2.05, 4.69) is 5.32 Å². The zero-order chi connectivity index (χ0) is 22.1. The summed E-state index contributed by atoms with van der Waals surface area (Å²) in [6, 6.07) is 26.5. The number of amides is 2. The fourth-order valence-corrected chi connectivity index (χ4v) is 3.81. The highest BCUT2D eigenvalue weighted by Crippen LogP contribution is 2.19. The molecule has 0 unspecified atom stereocenters. The van der Waals surface area contributed by atoms with Gasteiger partial charge in [-0.3, -0.25) is 9.59 Å². The smallest absolute Gasteiger partial charge is 0.242 e. The predicted molar refractivity (Wildman–Crippen MR) is 125 cm³/mol. The zero-order valence-corrected chi connectivity index (χ0v) is 18.4. The van der Waals surface area contributed by atoms with Crippen molar-refractivity contribution in [3.05, 3.63) is 107 Å². The van der Waals surface area contributed by atoms with Crippen LogP contribution in [0.1, 0.15) is 23.1 Å². The van der Waals surface area contributed by atoms with Crippen LogP contribution >= 0.6 is 11.6 Å². The van der Waals surface area contributed by atoms with Crippen molar-refractivity contribution in [3.8, 4) is 0 Å². The average Bonchev–Trinajstić information content (AvgIpc) is 2.80. The van der Waals surface area contributed by atoms with Gasteiger partial charge in [0.15, 0.2) is 0 Å². The van der Waals surface area contributed by atoms with Gasteiger partial charge in [-0.25, -0.2) is 0 Å². The number of aryl methyl sites for hydroxylation is 1. The molecule has 0 fully saturated rings. The van der Waals surface area contributed by atoms with Crippen LogP contribution in [0.3, 0.4) is 0 Å². The van der Waals surface area contributed by atoms with Gasteiger partial charge in [0.2, 0.25) is 11.8 Å². The van der Waals surface area contributed by atoms with Crippen molar-refractivity contribution in [2.75, 3.05) is 7.05 Å². The molecule has 0 aliphatic carbocycles. The molecule has 3 rings (SSSR count). The number of halogens is 1. The lowest BCUT2D eigenvalue weighted by Crippen LogP contribution is -2.49. The Morgan fingerprint density at radius 1 is 0.871 bits per heavy atom. The molecule has 1 atom stereocenters. The Morgan fingerprint density at radius 2 is 1.48 bits per heavy atom. The van der Waals surface area contributed by atoms with E-state index in [-0.39, 0.29) is 11.8 Å². The van der Waals surface area contributed by atoms with Gasteiger partial charge in [0, 0.05) is 31.5 Å². The van der Waals surface area contributed by atoms with Gasteiger partial charge < -0.3 is 10.2 Å². The van der Waals surface area contributed by atoms with Gasteiger partial charge in [-0.2, -0.15) is 0 Å². The summed E-state index contributed by atoms with van der Waals surface area (Å²) in [6.45, 7) is 0.319. The van der Waals surface area contributed by atoms with Gasteiger partial charge in [0.25, 0.3) is 0 Å². The van der Waals surface area contributed by atoms with Crippen molar-refractivity contribution in [2.45, 2.75) is 31.8 Å². The average molecular weight is 435 g/mol. The second-order valence-electron chi connectivity index (χ2n) is 7.46. The molecular weight excluding hydrogens is 408 g/mol. The van der Waals surface area contributed by atoms with Crippen molar-refractivity contribution in [3.63, 3.8) is 0 Å². The third-order valence-corrected chi connectivity index (χ3v) is 5.46. The quantitative estimate of drug-likeness (QED) is 0.532. The summed E-state index contributed by atoms with van der Waals surface area (Å²) < 4.78 is 0. The van der Waals surface area contributed by atoms with E-state index in [1.165, 1.54) is 0 Å². The van der Waals surface area contributed by atoms with Crippen LogP contribution in [-0.4, -0.2) is 29.8 Å². The fraction of sp³-hybridized carbons (Fsp3) is 0.231. The summed E-state index contributed by atoms with van der Waals surface area (Å²) in [5, 5.41) is 3.34. The summed E-state index contributed by atoms with van der Waals surface area (Å²) >= 11 is 6.17. The van der Waals surface area contributed by atoms with Crippen LogP contribution in [0.15, 0.2) is 84.9 Å². The van der Waals surface area contributed by atoms with Gasteiger partial charge in [-0.05, 0) is 35.2 Å². The van der Waals surface area contributed by atoms with Gasteiger partial charge in [0.1, 0.15) is 6.04 Å². The van der Waals surface area contributed by atoms with Crippen molar-refractivity contribution < 1.29 is 9.59 Å². The van der Waals surface area contributed by atoms with Crippen LogP contribution in [0, 0.1) is 0 Å². The topological polar surface area (TPSA) is 49.4 Å². The molecular formula is C26H27ClN2O2. The normalized spacial score (nSPS) is 11.5. The SMILES string of the molecule is CNC(=O)[C@H](Cc1ccccc1)N(Cc1cccc(Cl)c1)C(=O)CCc1ccccc1. The molecule has 2 amide bonds. The standard InChI is InChI=1S/C26H27ClN2O2/c1-28-26(31)24(18-21-11-6-3-7-12-21)29(19-22-13-8-14-23(27)17-22)25(30)16-15-20-9-4-2-5-10-20/h2-14,17,24H,15-16,18-19H2,1H3,(H,28,31)/t24-/m0/s1. The second kappa shape index (κ2) is 11.3. The molecule has 0 heterocycles. The van der Waals surface area contributed by atoms with E-state index < -0.39 is 6.04 Å². The molecule has 0 aliphatic heterocycles. The Balaban J connectivity index is 1.87. The highest BCUT2D eigenvalue weighted by molar-refractivity contribution is 6.30. The molecule has 0 saturated carbocycles. The molecule has 0 spiro atoms. The van der Waals surface area contributed by atoms with E-state index in [0.717, 1.165) is 16.7 Å². The van der Waals surface area contributed by atoms with Gasteiger partial charge >= 0.3 is 0 Å². The number of nitrogens with zero attached hydrogens (tertiary/aromatic N) is 1. The molecule has 0 radical (unpaired) electrons. The van der Waals surface area contributed by atoms with Crippen LogP contribution in [0.5, 0.6) is 0 Å². The lowest BCUT2D eigenvalue weighted by Gasteiger charge is -2.31. The first-order valence-corrected chi connectivity index (χ1v) is 10.8. The molecule has 5 heteroatoms. The predicted octanol–water partition coefficient (Wildman–Crippen LogP) is 4.66. The number of nitrogens with one attached hydrogen (secondary N) is 1. The molecule has 31 heavy (non-hydrogen) atoms. The number of hydrogen-bond donors (Lipinski definition) is 1. The molecule has 1 N–H and O–H groups in total. The summed E-state index contributed by atoms with van der Waals surface area (Å²) in [5.74, 6) is -0.243. The number of carbonyl (C=O) groups excluding carboxylic acids is 2. The van der Waals surface area contributed by atoms with E-state index in [0.29, 0.717) is 30.8 Å². The molecule has 0 aromatic heterocycles. The molecule has 0 aliphatic rings. The lowest BCUT2D eigenvalue weighted by molar-refractivity contribution is -0.141. The molecule has 3 aromatic rings. The van der Waals surface area contributed by atoms with Crippen LogP contribution in [-0.2, 0) is 29.0 Å². The molecule has 3 aromatic carbocycles. The Labute approximate surface area is 188 Å². The third kappa shape index (κ3) is 6.69. The Hall–Kier alpha value is -3.11. The van der Waals surface area contributed by atoms with E-state index in [4.69, 9.17) is 11.6 Å². The van der Waals surface area contributed by atoms with Crippen LogP contribution in [0.25, 0.3) is 0 Å². The maximum atomic E-state index is 13.4. The first-order chi connectivity index (χ1) is 15.1. The van der Waals surface area contributed by atoms with E-state index in [9.17, 15) is 9.59 Å². The maximum absolute atomic E-state index is 13.4. The summed E-state index contributed by atoms with van der Waals surface area (Å²) in [5.41, 5.74) is 2.99. The van der Waals surface area contributed by atoms with E-state index in [1.807, 2.05) is 78.9 Å². The van der Waals surface area contributed by atoms with Crippen LogP contribution in [0.4, 0.5) is 0 Å². The molecule has 4 nitrogen and oxygen atoms in total. The minimum Gasteiger partial charge on any atom is -0.357 e. The van der Waals surface area contributed by atoms with E-state index in [1.54, 1.807) is 18.0 Å². The highest BCUT2D eigenvalue weighted by Gasteiger charge is 2.29. The fourth-order valence-electron chi connectivity index (χ4n) is 3.59. The van der Waals surface area contributed by atoms with Crippen molar-refractivity contribution in [1.82, 2.24) is 10.2 Å². The number of benzene rings is 3. The lowest BCUT2D eigenvalue weighted by atomic mass is 10.0. The minimum absolute atomic E-state index is 0.0617. The zero-order valence-electron chi connectivity index (χ0n) is 17.6.